The third kappa shape index (κ3) is 6.02. The third-order valence-corrected chi connectivity index (χ3v) is 6.63. The molecular weight excluding hydrogens is 450 g/mol. The standard InChI is InChI=1S/C26H29N3O4S/c1-17(2)16-27-25(30)22-8-5-6-10-24(22)28-26(31)21-9-7-11-23(19(21)4)29-34(32,33)20-14-12-18(3)13-15-20/h5-15,17,29H,16H2,1-4H3,(H,27,30)(H,28,31). The average Bonchev–Trinajstić information content (AvgIpc) is 2.79. The van der Waals surface area contributed by atoms with Crippen molar-refractivity contribution in [1.29, 1.82) is 0 Å². The Balaban J connectivity index is 1.83. The number of carbonyl (C=O) groups is 2. The fourth-order valence-corrected chi connectivity index (χ4v) is 4.41. The van der Waals surface area contributed by atoms with E-state index in [0.717, 1.165) is 5.56 Å². The summed E-state index contributed by atoms with van der Waals surface area (Å²) in [5, 5.41) is 5.64. The van der Waals surface area contributed by atoms with E-state index in [9.17, 15) is 18.0 Å². The number of amides is 2. The molecule has 8 heteroatoms. The maximum absolute atomic E-state index is 13.1. The van der Waals surface area contributed by atoms with E-state index < -0.39 is 15.9 Å². The number of sulfonamides is 1. The van der Waals surface area contributed by atoms with Crippen molar-refractivity contribution in [2.75, 3.05) is 16.6 Å². The smallest absolute Gasteiger partial charge is 0.261 e. The van der Waals surface area contributed by atoms with Crippen molar-refractivity contribution < 1.29 is 18.0 Å². The lowest BCUT2D eigenvalue weighted by Gasteiger charge is -2.15. The van der Waals surface area contributed by atoms with Crippen LogP contribution in [-0.2, 0) is 10.0 Å². The van der Waals surface area contributed by atoms with Gasteiger partial charge in [-0.2, -0.15) is 0 Å². The lowest BCUT2D eigenvalue weighted by atomic mass is 10.1. The first-order valence-electron chi connectivity index (χ1n) is 11.0. The van der Waals surface area contributed by atoms with Gasteiger partial charge in [0.05, 0.1) is 21.8 Å². The van der Waals surface area contributed by atoms with Gasteiger partial charge >= 0.3 is 0 Å². The summed E-state index contributed by atoms with van der Waals surface area (Å²) in [5.41, 5.74) is 2.74. The van der Waals surface area contributed by atoms with Crippen LogP contribution >= 0.6 is 0 Å². The van der Waals surface area contributed by atoms with Crippen molar-refractivity contribution in [1.82, 2.24) is 5.32 Å². The molecule has 3 aromatic rings. The molecule has 0 bridgehead atoms. The fraction of sp³-hybridized carbons (Fsp3) is 0.231. The molecule has 0 radical (unpaired) electrons. The summed E-state index contributed by atoms with van der Waals surface area (Å²) >= 11 is 0. The van der Waals surface area contributed by atoms with E-state index in [1.807, 2.05) is 20.8 Å². The van der Waals surface area contributed by atoms with Crippen molar-refractivity contribution in [3.05, 3.63) is 89.0 Å². The van der Waals surface area contributed by atoms with Crippen LogP contribution in [0.1, 0.15) is 45.7 Å². The number of anilines is 2. The predicted molar refractivity (Wildman–Crippen MR) is 135 cm³/mol. The number of aryl methyl sites for hydroxylation is 1. The Morgan fingerprint density at radius 3 is 2.09 bits per heavy atom. The molecule has 0 aromatic heterocycles. The van der Waals surface area contributed by atoms with Gasteiger partial charge in [0.2, 0.25) is 0 Å². The second-order valence-corrected chi connectivity index (χ2v) is 10.2. The van der Waals surface area contributed by atoms with Crippen LogP contribution in [0.5, 0.6) is 0 Å². The average molecular weight is 480 g/mol. The van der Waals surface area contributed by atoms with Crippen LogP contribution in [0.3, 0.4) is 0 Å². The molecule has 0 saturated carbocycles. The van der Waals surface area contributed by atoms with Gasteiger partial charge in [-0.15, -0.1) is 0 Å². The van der Waals surface area contributed by atoms with E-state index in [4.69, 9.17) is 0 Å². The van der Waals surface area contributed by atoms with E-state index in [-0.39, 0.29) is 10.8 Å². The molecule has 3 N–H and O–H groups in total. The summed E-state index contributed by atoms with van der Waals surface area (Å²) in [6.07, 6.45) is 0. The molecule has 178 valence electrons. The SMILES string of the molecule is Cc1ccc(S(=O)(=O)Nc2cccc(C(=O)Nc3ccccc3C(=O)NCC(C)C)c2C)cc1. The molecular formula is C26H29N3O4S. The first-order valence-corrected chi connectivity index (χ1v) is 12.4. The molecule has 7 nitrogen and oxygen atoms in total. The zero-order valence-corrected chi connectivity index (χ0v) is 20.5. The van der Waals surface area contributed by atoms with Gasteiger partial charge in [-0.1, -0.05) is 49.7 Å². The van der Waals surface area contributed by atoms with Crippen LogP contribution in [0.25, 0.3) is 0 Å². The maximum atomic E-state index is 13.1. The number of hydrogen-bond donors (Lipinski definition) is 3. The molecule has 0 unspecified atom stereocenters. The van der Waals surface area contributed by atoms with Crippen molar-refractivity contribution in [3.63, 3.8) is 0 Å². The van der Waals surface area contributed by atoms with Gasteiger partial charge in [-0.25, -0.2) is 8.42 Å². The van der Waals surface area contributed by atoms with E-state index in [0.29, 0.717) is 40.5 Å². The van der Waals surface area contributed by atoms with Gasteiger partial charge in [-0.3, -0.25) is 14.3 Å². The highest BCUT2D eigenvalue weighted by molar-refractivity contribution is 7.92. The topological polar surface area (TPSA) is 104 Å². The van der Waals surface area contributed by atoms with Crippen LogP contribution in [-0.4, -0.2) is 26.8 Å². The summed E-state index contributed by atoms with van der Waals surface area (Å²) in [4.78, 5) is 25.8. The van der Waals surface area contributed by atoms with Crippen LogP contribution in [0.15, 0.2) is 71.6 Å². The summed E-state index contributed by atoms with van der Waals surface area (Å²) in [5.74, 6) is -0.432. The minimum atomic E-state index is -3.82. The van der Waals surface area contributed by atoms with E-state index >= 15 is 0 Å². The number of para-hydroxylation sites is 1. The Kier molecular flexibility index (Phi) is 7.73. The molecule has 34 heavy (non-hydrogen) atoms. The van der Waals surface area contributed by atoms with Crippen molar-refractivity contribution in [2.45, 2.75) is 32.6 Å². The molecule has 0 atom stereocenters. The Labute approximate surface area is 200 Å². The molecule has 0 spiro atoms. The Hall–Kier alpha value is -3.65. The third-order valence-electron chi connectivity index (χ3n) is 5.24. The Morgan fingerprint density at radius 2 is 1.41 bits per heavy atom. The quantitative estimate of drug-likeness (QED) is 0.434. The Bertz CT molecular complexity index is 1300. The highest BCUT2D eigenvalue weighted by Crippen LogP contribution is 2.24. The zero-order valence-electron chi connectivity index (χ0n) is 19.7. The zero-order chi connectivity index (χ0) is 24.9. The minimum absolute atomic E-state index is 0.133. The molecule has 0 heterocycles. The van der Waals surface area contributed by atoms with E-state index in [2.05, 4.69) is 15.4 Å². The van der Waals surface area contributed by atoms with Crippen LogP contribution in [0.4, 0.5) is 11.4 Å². The molecule has 0 fully saturated rings. The largest absolute Gasteiger partial charge is 0.352 e. The second-order valence-electron chi connectivity index (χ2n) is 8.50. The fourth-order valence-electron chi connectivity index (χ4n) is 3.29. The molecule has 0 aliphatic heterocycles. The highest BCUT2D eigenvalue weighted by atomic mass is 32.2. The van der Waals surface area contributed by atoms with Crippen LogP contribution in [0, 0.1) is 19.8 Å². The van der Waals surface area contributed by atoms with Gasteiger partial charge in [0.15, 0.2) is 0 Å². The second kappa shape index (κ2) is 10.5. The number of hydrogen-bond acceptors (Lipinski definition) is 4. The summed E-state index contributed by atoms with van der Waals surface area (Å²) < 4.78 is 28.2. The van der Waals surface area contributed by atoms with Crippen molar-refractivity contribution in [2.24, 2.45) is 5.92 Å². The Morgan fingerprint density at radius 1 is 0.794 bits per heavy atom. The summed E-state index contributed by atoms with van der Waals surface area (Å²) in [7, 11) is -3.82. The normalized spacial score (nSPS) is 11.2. The molecule has 0 aliphatic rings. The summed E-state index contributed by atoms with van der Waals surface area (Å²) in [6, 6.07) is 18.1. The molecule has 3 rings (SSSR count). The summed E-state index contributed by atoms with van der Waals surface area (Å²) in [6.45, 7) is 8.06. The van der Waals surface area contributed by atoms with E-state index in [1.54, 1.807) is 61.5 Å². The molecule has 0 saturated heterocycles. The van der Waals surface area contributed by atoms with Crippen LogP contribution < -0.4 is 15.4 Å². The monoisotopic (exact) mass is 479 g/mol. The first-order chi connectivity index (χ1) is 16.1. The minimum Gasteiger partial charge on any atom is -0.352 e. The number of rotatable bonds is 8. The molecule has 3 aromatic carbocycles. The molecule has 2 amide bonds. The van der Waals surface area contributed by atoms with E-state index in [1.165, 1.54) is 12.1 Å². The van der Waals surface area contributed by atoms with Crippen molar-refractivity contribution in [3.8, 4) is 0 Å². The maximum Gasteiger partial charge on any atom is 0.261 e. The van der Waals surface area contributed by atoms with Gasteiger partial charge in [-0.05, 0) is 61.7 Å². The number of nitrogens with one attached hydrogen (secondary N) is 3. The van der Waals surface area contributed by atoms with Crippen LogP contribution in [0.2, 0.25) is 0 Å². The lowest BCUT2D eigenvalue weighted by Crippen LogP contribution is -2.28. The van der Waals surface area contributed by atoms with Crippen molar-refractivity contribution >= 4 is 33.2 Å². The van der Waals surface area contributed by atoms with Gasteiger partial charge in [0.25, 0.3) is 21.8 Å². The number of benzene rings is 3. The number of carbonyl (C=O) groups excluding carboxylic acids is 2. The first kappa shape index (κ1) is 25.0. The van der Waals surface area contributed by atoms with Gasteiger partial charge < -0.3 is 10.6 Å². The van der Waals surface area contributed by atoms with Gasteiger partial charge in [0.1, 0.15) is 0 Å². The molecule has 0 aliphatic carbocycles. The predicted octanol–water partition coefficient (Wildman–Crippen LogP) is 4.74. The highest BCUT2D eigenvalue weighted by Gasteiger charge is 2.19. The van der Waals surface area contributed by atoms with Gasteiger partial charge in [0, 0.05) is 12.1 Å². The lowest BCUT2D eigenvalue weighted by molar-refractivity contribution is 0.0950.